The quantitative estimate of drug-likeness (QED) is 0.680. The lowest BCUT2D eigenvalue weighted by molar-refractivity contribution is -0.146. The summed E-state index contributed by atoms with van der Waals surface area (Å²) in [6, 6.07) is 8.26. The second-order valence-electron chi connectivity index (χ2n) is 2.15. The smallest absolute Gasteiger partial charge is 0.337 e. The number of aliphatic carboxylic acids is 1. The maximum absolute atomic E-state index is 10.2. The second-order valence-corrected chi connectivity index (χ2v) is 2.15. The van der Waals surface area contributed by atoms with Crippen molar-refractivity contribution in [3.63, 3.8) is 0 Å². The van der Waals surface area contributed by atoms with Gasteiger partial charge < -0.3 is 10.2 Å². The average Bonchev–Trinajstić information content (AvgIpc) is 2.21. The molecule has 13 heavy (non-hydrogen) atoms. The molecule has 0 aliphatic carbocycles. The highest BCUT2D eigenvalue weighted by molar-refractivity contribution is 5.73. The van der Waals surface area contributed by atoms with Gasteiger partial charge in [0.05, 0.1) is 0 Å². The van der Waals surface area contributed by atoms with Gasteiger partial charge in [0.15, 0.2) is 6.10 Å². The molecular weight excluding hydrogens is 168 g/mol. The van der Waals surface area contributed by atoms with Crippen LogP contribution < -0.4 is 0 Å². The Morgan fingerprint density at radius 3 is 2.08 bits per heavy atom. The van der Waals surface area contributed by atoms with E-state index in [9.17, 15) is 4.79 Å². The summed E-state index contributed by atoms with van der Waals surface area (Å²) < 4.78 is 0. The Kier molecular flexibility index (Phi) is 5.23. The summed E-state index contributed by atoms with van der Waals surface area (Å²) in [5.41, 5.74) is 0.403. The van der Waals surface area contributed by atoms with Gasteiger partial charge in [-0.1, -0.05) is 30.3 Å². The summed E-state index contributed by atoms with van der Waals surface area (Å²) >= 11 is 0. The van der Waals surface area contributed by atoms with Crippen molar-refractivity contribution in [3.05, 3.63) is 49.1 Å². The minimum absolute atomic E-state index is 0.403. The number of aliphatic hydroxyl groups excluding tert-OH is 1. The van der Waals surface area contributed by atoms with Gasteiger partial charge in [-0.25, -0.2) is 4.79 Å². The molecule has 0 spiro atoms. The van der Waals surface area contributed by atoms with E-state index in [0.717, 1.165) is 0 Å². The normalized spacial score (nSPS) is 10.8. The lowest BCUT2D eigenvalue weighted by Crippen LogP contribution is -2.09. The first kappa shape index (κ1) is 11.4. The molecule has 0 saturated carbocycles. The SMILES string of the molecule is C=C.O=C(O)C(O)c1ccccc1. The van der Waals surface area contributed by atoms with Crippen LogP contribution in [0.1, 0.15) is 11.7 Å². The highest BCUT2D eigenvalue weighted by Gasteiger charge is 2.14. The summed E-state index contributed by atoms with van der Waals surface area (Å²) in [4.78, 5) is 10.2. The predicted molar refractivity (Wildman–Crippen MR) is 50.3 cm³/mol. The Hall–Kier alpha value is -1.61. The van der Waals surface area contributed by atoms with Crippen LogP contribution in [-0.4, -0.2) is 16.2 Å². The van der Waals surface area contributed by atoms with Crippen molar-refractivity contribution in [2.24, 2.45) is 0 Å². The number of hydrogen-bond acceptors (Lipinski definition) is 2. The number of carboxylic acid groups (broad SMARTS) is 1. The monoisotopic (exact) mass is 180 g/mol. The van der Waals surface area contributed by atoms with Crippen molar-refractivity contribution in [1.82, 2.24) is 0 Å². The second kappa shape index (κ2) is 5.97. The molecule has 0 fully saturated rings. The van der Waals surface area contributed by atoms with E-state index < -0.39 is 12.1 Å². The van der Waals surface area contributed by atoms with Gasteiger partial charge in [0.1, 0.15) is 0 Å². The van der Waals surface area contributed by atoms with Gasteiger partial charge >= 0.3 is 5.97 Å². The summed E-state index contributed by atoms with van der Waals surface area (Å²) in [5, 5.41) is 17.4. The third-order valence-corrected chi connectivity index (χ3v) is 1.35. The third kappa shape index (κ3) is 3.53. The molecule has 0 aromatic heterocycles. The van der Waals surface area contributed by atoms with E-state index in [0.29, 0.717) is 5.56 Å². The molecule has 0 bridgehead atoms. The molecular formula is C10H12O3. The zero-order valence-electron chi connectivity index (χ0n) is 7.18. The fraction of sp³-hybridized carbons (Fsp3) is 0.100. The molecule has 3 nitrogen and oxygen atoms in total. The van der Waals surface area contributed by atoms with Crippen LogP contribution in [0.25, 0.3) is 0 Å². The summed E-state index contributed by atoms with van der Waals surface area (Å²) in [7, 11) is 0. The fourth-order valence-corrected chi connectivity index (χ4v) is 0.778. The van der Waals surface area contributed by atoms with E-state index in [4.69, 9.17) is 10.2 Å². The van der Waals surface area contributed by atoms with Crippen LogP contribution >= 0.6 is 0 Å². The Bertz CT molecular complexity index is 256. The first-order chi connectivity index (χ1) is 6.22. The maximum atomic E-state index is 10.2. The van der Waals surface area contributed by atoms with Gasteiger partial charge in [0.2, 0.25) is 0 Å². The number of hydrogen-bond donors (Lipinski definition) is 2. The Labute approximate surface area is 77.0 Å². The van der Waals surface area contributed by atoms with Gasteiger partial charge in [0.25, 0.3) is 0 Å². The molecule has 0 heterocycles. The van der Waals surface area contributed by atoms with Gasteiger partial charge in [0, 0.05) is 0 Å². The van der Waals surface area contributed by atoms with Crippen LogP contribution in [0.2, 0.25) is 0 Å². The standard InChI is InChI=1S/C8H8O3.C2H4/c9-7(8(10)11)6-4-2-1-3-5-6;1-2/h1-5,7,9H,(H,10,11);1-2H2. The van der Waals surface area contributed by atoms with Crippen LogP contribution in [0.4, 0.5) is 0 Å². The number of rotatable bonds is 2. The molecule has 0 aliphatic rings. The minimum atomic E-state index is -1.41. The van der Waals surface area contributed by atoms with Crippen molar-refractivity contribution in [3.8, 4) is 0 Å². The van der Waals surface area contributed by atoms with Crippen LogP contribution in [-0.2, 0) is 4.79 Å². The molecule has 70 valence electrons. The number of benzene rings is 1. The molecule has 1 unspecified atom stereocenters. The minimum Gasteiger partial charge on any atom is -0.479 e. The van der Waals surface area contributed by atoms with E-state index in [-0.39, 0.29) is 0 Å². The van der Waals surface area contributed by atoms with Gasteiger partial charge in [-0.15, -0.1) is 13.2 Å². The van der Waals surface area contributed by atoms with Crippen molar-refractivity contribution < 1.29 is 15.0 Å². The Balaban J connectivity index is 0.000000671. The van der Waals surface area contributed by atoms with Gasteiger partial charge in [-0.3, -0.25) is 0 Å². The number of carbonyl (C=O) groups is 1. The molecule has 0 radical (unpaired) electrons. The molecule has 1 aromatic carbocycles. The highest BCUT2D eigenvalue weighted by Crippen LogP contribution is 2.10. The topological polar surface area (TPSA) is 57.5 Å². The first-order valence-corrected chi connectivity index (χ1v) is 3.67. The van der Waals surface area contributed by atoms with Crippen LogP contribution in [0, 0.1) is 0 Å². The Morgan fingerprint density at radius 1 is 1.23 bits per heavy atom. The molecule has 0 saturated heterocycles. The van der Waals surface area contributed by atoms with E-state index in [1.807, 2.05) is 0 Å². The largest absolute Gasteiger partial charge is 0.479 e. The van der Waals surface area contributed by atoms with Crippen LogP contribution in [0.15, 0.2) is 43.5 Å². The Morgan fingerprint density at radius 2 is 1.69 bits per heavy atom. The zero-order valence-corrected chi connectivity index (χ0v) is 7.18. The van der Waals surface area contributed by atoms with Crippen molar-refractivity contribution >= 4 is 5.97 Å². The average molecular weight is 180 g/mol. The molecule has 1 rings (SSSR count). The van der Waals surface area contributed by atoms with Crippen molar-refractivity contribution in [2.75, 3.05) is 0 Å². The lowest BCUT2D eigenvalue weighted by atomic mass is 10.1. The molecule has 0 amide bonds. The first-order valence-electron chi connectivity index (χ1n) is 3.67. The number of aliphatic hydroxyl groups is 1. The molecule has 3 heteroatoms. The zero-order chi connectivity index (χ0) is 10.3. The summed E-state index contributed by atoms with van der Waals surface area (Å²) in [6.45, 7) is 6.00. The van der Waals surface area contributed by atoms with Crippen molar-refractivity contribution in [1.29, 1.82) is 0 Å². The van der Waals surface area contributed by atoms with E-state index >= 15 is 0 Å². The highest BCUT2D eigenvalue weighted by atomic mass is 16.4. The van der Waals surface area contributed by atoms with Crippen LogP contribution in [0.5, 0.6) is 0 Å². The van der Waals surface area contributed by atoms with Gasteiger partial charge in [-0.05, 0) is 5.56 Å². The van der Waals surface area contributed by atoms with E-state index in [2.05, 4.69) is 13.2 Å². The van der Waals surface area contributed by atoms with E-state index in [1.54, 1.807) is 30.3 Å². The van der Waals surface area contributed by atoms with Crippen LogP contribution in [0.3, 0.4) is 0 Å². The van der Waals surface area contributed by atoms with E-state index in [1.165, 1.54) is 0 Å². The van der Waals surface area contributed by atoms with Gasteiger partial charge in [-0.2, -0.15) is 0 Å². The molecule has 1 aromatic rings. The lowest BCUT2D eigenvalue weighted by Gasteiger charge is -2.03. The summed E-state index contributed by atoms with van der Waals surface area (Å²) in [5.74, 6) is -1.23. The molecule has 2 N–H and O–H groups in total. The molecule has 1 atom stereocenters. The summed E-state index contributed by atoms with van der Waals surface area (Å²) in [6.07, 6.45) is -1.41. The third-order valence-electron chi connectivity index (χ3n) is 1.35. The predicted octanol–water partition coefficient (Wildman–Crippen LogP) is 1.61. The molecule has 0 aliphatic heterocycles. The fourth-order valence-electron chi connectivity index (χ4n) is 0.778. The number of carboxylic acids is 1. The maximum Gasteiger partial charge on any atom is 0.337 e. The van der Waals surface area contributed by atoms with Crippen molar-refractivity contribution in [2.45, 2.75) is 6.10 Å².